The van der Waals surface area contributed by atoms with Gasteiger partial charge < -0.3 is 10.5 Å². The Bertz CT molecular complexity index is 431. The van der Waals surface area contributed by atoms with Gasteiger partial charge in [0.1, 0.15) is 18.2 Å². The molecule has 8 heteroatoms. The molecule has 0 amide bonds. The van der Waals surface area contributed by atoms with Gasteiger partial charge in [0, 0.05) is 0 Å². The highest BCUT2D eigenvalue weighted by molar-refractivity contribution is 7.84. The highest BCUT2D eigenvalue weighted by Gasteiger charge is 2.40. The first kappa shape index (κ1) is 17.4. The van der Waals surface area contributed by atoms with Crippen molar-refractivity contribution in [3.63, 3.8) is 0 Å². The van der Waals surface area contributed by atoms with E-state index in [1.165, 1.54) is 0 Å². The van der Waals surface area contributed by atoms with Crippen molar-refractivity contribution in [2.45, 2.75) is 57.6 Å². The number of esters is 1. The Morgan fingerprint density at radius 3 is 2.35 bits per heavy atom. The highest BCUT2D eigenvalue weighted by Crippen LogP contribution is 2.34. The Morgan fingerprint density at radius 1 is 1.35 bits per heavy atom. The van der Waals surface area contributed by atoms with Gasteiger partial charge in [0.2, 0.25) is 0 Å². The summed E-state index contributed by atoms with van der Waals surface area (Å²) in [5, 5.41) is 4.82. The second kappa shape index (κ2) is 6.84. The van der Waals surface area contributed by atoms with Gasteiger partial charge in [0.25, 0.3) is 0 Å². The maximum atomic E-state index is 12.0. The van der Waals surface area contributed by atoms with E-state index in [1.54, 1.807) is 0 Å². The summed E-state index contributed by atoms with van der Waals surface area (Å²) >= 11 is 0. The van der Waals surface area contributed by atoms with Crippen molar-refractivity contribution in [1.82, 2.24) is 0 Å². The molecule has 0 spiro atoms. The van der Waals surface area contributed by atoms with Crippen molar-refractivity contribution < 1.29 is 22.1 Å². The van der Waals surface area contributed by atoms with E-state index in [1.807, 2.05) is 13.8 Å². The third-order valence-corrected chi connectivity index (χ3v) is 4.29. The van der Waals surface area contributed by atoms with Crippen molar-refractivity contribution in [3.05, 3.63) is 0 Å². The van der Waals surface area contributed by atoms with E-state index in [0.717, 1.165) is 19.3 Å². The number of carbonyl (C=O) groups is 1. The number of nitrogens with two attached hydrogens (primary N) is 2. The molecule has 7 nitrogen and oxygen atoms in total. The average Bonchev–Trinajstić information content (AvgIpc) is 2.83. The number of ether oxygens (including phenoxy) is 1. The molecule has 2 atom stereocenters. The van der Waals surface area contributed by atoms with E-state index >= 15 is 0 Å². The molecule has 4 N–H and O–H groups in total. The molecule has 1 aliphatic rings. The van der Waals surface area contributed by atoms with Crippen molar-refractivity contribution >= 4 is 16.3 Å². The maximum Gasteiger partial charge on any atom is 0.333 e. The van der Waals surface area contributed by atoms with Crippen LogP contribution < -0.4 is 10.9 Å². The Kier molecular flexibility index (Phi) is 5.93. The van der Waals surface area contributed by atoms with Gasteiger partial charge in [-0.1, -0.05) is 20.3 Å². The van der Waals surface area contributed by atoms with Gasteiger partial charge in [0.05, 0.1) is 0 Å². The van der Waals surface area contributed by atoms with E-state index < -0.39 is 27.9 Å². The lowest BCUT2D eigenvalue weighted by molar-refractivity contribution is -0.165. The average molecular weight is 308 g/mol. The van der Waals surface area contributed by atoms with Crippen LogP contribution in [0.2, 0.25) is 0 Å². The minimum atomic E-state index is -4.05. The van der Waals surface area contributed by atoms with Crippen molar-refractivity contribution in [1.29, 1.82) is 0 Å². The molecule has 0 aromatic carbocycles. The molecular formula is C12H24N2O5S. The van der Waals surface area contributed by atoms with Gasteiger partial charge >= 0.3 is 16.3 Å². The van der Waals surface area contributed by atoms with E-state index in [0.29, 0.717) is 12.8 Å². The van der Waals surface area contributed by atoms with Crippen LogP contribution in [0.15, 0.2) is 0 Å². The van der Waals surface area contributed by atoms with Gasteiger partial charge in [-0.25, -0.2) is 5.14 Å². The first-order valence-corrected chi connectivity index (χ1v) is 8.32. The molecule has 118 valence electrons. The fourth-order valence-corrected chi connectivity index (χ4v) is 2.63. The van der Waals surface area contributed by atoms with Crippen LogP contribution in [0.4, 0.5) is 0 Å². The molecule has 1 aliphatic carbocycles. The summed E-state index contributed by atoms with van der Waals surface area (Å²) in [6, 6.07) is -0.716. The summed E-state index contributed by atoms with van der Waals surface area (Å²) in [7, 11) is -4.05. The molecule has 0 heterocycles. The molecule has 0 bridgehead atoms. The van der Waals surface area contributed by atoms with Crippen molar-refractivity contribution in [2.24, 2.45) is 16.8 Å². The molecule has 0 aliphatic heterocycles. The predicted molar refractivity (Wildman–Crippen MR) is 73.8 cm³/mol. The smallest absolute Gasteiger partial charge is 0.333 e. The summed E-state index contributed by atoms with van der Waals surface area (Å²) in [6.07, 6.45) is 3.57. The lowest BCUT2D eigenvalue weighted by Gasteiger charge is -2.30. The summed E-state index contributed by atoms with van der Waals surface area (Å²) in [6.45, 7) is 3.56. The van der Waals surface area contributed by atoms with E-state index in [-0.39, 0.29) is 12.5 Å². The number of hydrogen-bond acceptors (Lipinski definition) is 6. The van der Waals surface area contributed by atoms with Crippen LogP contribution in [0.3, 0.4) is 0 Å². The fourth-order valence-electron chi connectivity index (χ4n) is 2.25. The zero-order valence-corrected chi connectivity index (χ0v) is 12.8. The van der Waals surface area contributed by atoms with Crippen LogP contribution >= 0.6 is 0 Å². The molecule has 0 radical (unpaired) electrons. The molecule has 1 rings (SSSR count). The van der Waals surface area contributed by atoms with E-state index in [2.05, 4.69) is 4.18 Å². The van der Waals surface area contributed by atoms with Gasteiger partial charge in [-0.15, -0.1) is 0 Å². The molecule has 0 saturated heterocycles. The topological polar surface area (TPSA) is 122 Å². The zero-order chi connectivity index (χ0) is 15.4. The molecule has 20 heavy (non-hydrogen) atoms. The van der Waals surface area contributed by atoms with E-state index in [9.17, 15) is 13.2 Å². The second-order valence-corrected chi connectivity index (χ2v) is 6.70. The standard InChI is InChI=1S/C12H24N2O5S/c1-3-9(2)10(13)11(15)19-12(6-4-5-7-12)8-18-20(14,16)17/h9-10H,3-8,13H2,1-2H3,(H2,14,16,17)/t9-,10-/m0/s1. The third kappa shape index (κ3) is 5.01. The molecule has 0 aromatic heterocycles. The Labute approximate surface area is 120 Å². The third-order valence-electron chi connectivity index (χ3n) is 3.85. The van der Waals surface area contributed by atoms with Crippen LogP contribution in [0.25, 0.3) is 0 Å². The second-order valence-electron chi connectivity index (χ2n) is 5.48. The first-order chi connectivity index (χ1) is 9.19. The minimum absolute atomic E-state index is 0.000104. The van der Waals surface area contributed by atoms with Crippen LogP contribution in [0.1, 0.15) is 46.0 Å². The summed E-state index contributed by atoms with van der Waals surface area (Å²) in [5.41, 5.74) is 4.91. The number of hydrogen-bond donors (Lipinski definition) is 2. The SMILES string of the molecule is CC[C@H](C)[C@H](N)C(=O)OC1(COS(N)(=O)=O)CCCC1. The van der Waals surface area contributed by atoms with Crippen molar-refractivity contribution in [3.8, 4) is 0 Å². The first-order valence-electron chi connectivity index (χ1n) is 6.85. The maximum absolute atomic E-state index is 12.0. The van der Waals surface area contributed by atoms with Crippen LogP contribution in [-0.2, 0) is 24.0 Å². The molecule has 0 aromatic rings. The molecule has 0 unspecified atom stereocenters. The zero-order valence-electron chi connectivity index (χ0n) is 12.0. The van der Waals surface area contributed by atoms with Crippen LogP contribution in [-0.4, -0.2) is 32.6 Å². The summed E-state index contributed by atoms with van der Waals surface area (Å²) in [4.78, 5) is 12.0. The van der Waals surface area contributed by atoms with E-state index in [4.69, 9.17) is 15.6 Å². The lowest BCUT2D eigenvalue weighted by Crippen LogP contribution is -2.46. The molecule has 1 fully saturated rings. The normalized spacial score (nSPS) is 21.4. The summed E-state index contributed by atoms with van der Waals surface area (Å²) < 4.78 is 31.9. The van der Waals surface area contributed by atoms with Crippen LogP contribution in [0.5, 0.6) is 0 Å². The number of rotatable bonds is 7. The van der Waals surface area contributed by atoms with Gasteiger partial charge in [-0.05, 0) is 31.6 Å². The Hall–Kier alpha value is -0.700. The Balaban J connectivity index is 2.69. The predicted octanol–water partition coefficient (Wildman–Crippen LogP) is 0.436. The van der Waals surface area contributed by atoms with Crippen molar-refractivity contribution in [2.75, 3.05) is 6.61 Å². The Morgan fingerprint density at radius 2 is 1.90 bits per heavy atom. The van der Waals surface area contributed by atoms with Gasteiger partial charge in [-0.3, -0.25) is 8.98 Å². The minimum Gasteiger partial charge on any atom is -0.455 e. The lowest BCUT2D eigenvalue weighted by atomic mass is 9.99. The molecular weight excluding hydrogens is 284 g/mol. The van der Waals surface area contributed by atoms with Gasteiger partial charge in [-0.2, -0.15) is 8.42 Å². The largest absolute Gasteiger partial charge is 0.455 e. The van der Waals surface area contributed by atoms with Crippen LogP contribution in [0, 0.1) is 5.92 Å². The van der Waals surface area contributed by atoms with Gasteiger partial charge in [0.15, 0.2) is 0 Å². The summed E-state index contributed by atoms with van der Waals surface area (Å²) in [5.74, 6) is -0.514. The highest BCUT2D eigenvalue weighted by atomic mass is 32.2. The monoisotopic (exact) mass is 308 g/mol. The number of carbonyl (C=O) groups excluding carboxylic acids is 1. The molecule has 1 saturated carbocycles. The quantitative estimate of drug-likeness (QED) is 0.658. The fraction of sp³-hybridized carbons (Fsp3) is 0.917.